The molecule has 1 rings (SSSR count). The first kappa shape index (κ1) is 46.7. The molecule has 0 saturated heterocycles. The zero-order valence-electron chi connectivity index (χ0n) is 33.5. The number of carbonyl (C=O) groups excluding carboxylic acids is 3. The van der Waals surface area contributed by atoms with Crippen molar-refractivity contribution in [2.45, 2.75) is 213 Å². The predicted molar refractivity (Wildman–Crippen MR) is 213 cm³/mol. The third-order valence-corrected chi connectivity index (χ3v) is 9.89. The topological polar surface area (TPSA) is 78.9 Å². The summed E-state index contributed by atoms with van der Waals surface area (Å²) in [7, 11) is 0. The molecule has 0 bridgehead atoms. The summed E-state index contributed by atoms with van der Waals surface area (Å²) in [6.45, 7) is 7.67. The Bertz CT molecular complexity index is 989. The van der Waals surface area contributed by atoms with Gasteiger partial charge >= 0.3 is 17.9 Å². The Morgan fingerprint density at radius 3 is 0.961 bits per heavy atom. The molecule has 0 spiro atoms. The van der Waals surface area contributed by atoms with E-state index in [0.717, 1.165) is 57.8 Å². The zero-order valence-corrected chi connectivity index (χ0v) is 33.5. The van der Waals surface area contributed by atoms with Crippen LogP contribution in [0, 0.1) is 0 Å². The summed E-state index contributed by atoms with van der Waals surface area (Å²) in [6, 6.07) is 4.50. The molecule has 0 heterocycles. The van der Waals surface area contributed by atoms with Crippen LogP contribution in [0.2, 0.25) is 0 Å². The number of hydrogen-bond acceptors (Lipinski definition) is 6. The highest BCUT2D eigenvalue weighted by atomic mass is 16.5. The molecule has 51 heavy (non-hydrogen) atoms. The van der Waals surface area contributed by atoms with E-state index in [4.69, 9.17) is 14.2 Å². The molecule has 0 unspecified atom stereocenters. The Morgan fingerprint density at radius 2 is 0.627 bits per heavy atom. The molecule has 294 valence electrons. The Hall–Kier alpha value is -2.37. The zero-order chi connectivity index (χ0) is 37.0. The number of carbonyl (C=O) groups is 3. The Balaban J connectivity index is 2.56. The second-order valence-electron chi connectivity index (χ2n) is 14.7. The lowest BCUT2D eigenvalue weighted by molar-refractivity contribution is 0.0447. The average Bonchev–Trinajstić information content (AvgIpc) is 3.14. The van der Waals surface area contributed by atoms with Crippen LogP contribution in [-0.4, -0.2) is 37.7 Å². The molecule has 6 nitrogen and oxygen atoms in total. The van der Waals surface area contributed by atoms with E-state index in [2.05, 4.69) is 20.8 Å². The van der Waals surface area contributed by atoms with E-state index in [-0.39, 0.29) is 23.3 Å². The van der Waals surface area contributed by atoms with Crippen molar-refractivity contribution in [2.24, 2.45) is 0 Å². The molecular weight excluding hydrogens is 636 g/mol. The van der Waals surface area contributed by atoms with E-state index < -0.39 is 17.9 Å². The van der Waals surface area contributed by atoms with E-state index >= 15 is 0 Å². The van der Waals surface area contributed by atoms with Crippen LogP contribution in [0.25, 0.3) is 0 Å². The summed E-state index contributed by atoms with van der Waals surface area (Å²) >= 11 is 0. The van der Waals surface area contributed by atoms with Gasteiger partial charge in [0.05, 0.1) is 36.5 Å². The summed E-state index contributed by atoms with van der Waals surface area (Å²) in [5.41, 5.74) is 0.462. The number of esters is 3. The standard InChI is InChI=1S/C45H78O6/c1-4-7-10-13-16-19-22-25-28-31-36-49-43(46)40-34-35-41(44(47)50-37-32-29-26-23-20-17-14-11-8-5-2)42(39-40)45(48)51-38-33-30-27-24-21-18-15-12-9-6-3/h34-35,39H,4-33,36-38H2,1-3H3. The van der Waals surface area contributed by atoms with Crippen LogP contribution in [0.3, 0.4) is 0 Å². The lowest BCUT2D eigenvalue weighted by atomic mass is 10.0. The number of ether oxygens (including phenoxy) is 3. The van der Waals surface area contributed by atoms with Gasteiger partial charge in [0.2, 0.25) is 0 Å². The molecule has 1 aromatic rings. The normalized spacial score (nSPS) is 11.1. The van der Waals surface area contributed by atoms with Crippen LogP contribution in [0.5, 0.6) is 0 Å². The van der Waals surface area contributed by atoms with Crippen molar-refractivity contribution < 1.29 is 28.6 Å². The fourth-order valence-electron chi connectivity index (χ4n) is 6.52. The molecule has 6 heteroatoms. The SMILES string of the molecule is CCCCCCCCCCCCOC(=O)c1ccc(C(=O)OCCCCCCCCCCCC)c(C(=O)OCCCCCCCCCCCC)c1. The molecule has 0 aliphatic heterocycles. The molecule has 0 aromatic heterocycles. The van der Waals surface area contributed by atoms with Gasteiger partial charge in [0.25, 0.3) is 0 Å². The lowest BCUT2D eigenvalue weighted by Gasteiger charge is -2.12. The van der Waals surface area contributed by atoms with Gasteiger partial charge < -0.3 is 14.2 Å². The number of hydrogen-bond donors (Lipinski definition) is 0. The third-order valence-electron chi connectivity index (χ3n) is 9.89. The van der Waals surface area contributed by atoms with Crippen molar-refractivity contribution >= 4 is 17.9 Å². The third kappa shape index (κ3) is 26.1. The van der Waals surface area contributed by atoms with E-state index in [0.29, 0.717) is 13.2 Å². The second kappa shape index (κ2) is 34.7. The Labute approximate surface area is 313 Å². The minimum atomic E-state index is -0.596. The van der Waals surface area contributed by atoms with Crippen LogP contribution < -0.4 is 0 Å². The van der Waals surface area contributed by atoms with Crippen LogP contribution >= 0.6 is 0 Å². The van der Waals surface area contributed by atoms with Crippen molar-refractivity contribution in [1.29, 1.82) is 0 Å². The van der Waals surface area contributed by atoms with Crippen LogP contribution in [0.1, 0.15) is 244 Å². The largest absolute Gasteiger partial charge is 0.462 e. The Morgan fingerprint density at radius 1 is 0.353 bits per heavy atom. The van der Waals surface area contributed by atoms with Gasteiger partial charge in [0, 0.05) is 0 Å². The maximum Gasteiger partial charge on any atom is 0.339 e. The molecule has 0 amide bonds. The fourth-order valence-corrected chi connectivity index (χ4v) is 6.52. The number of rotatable bonds is 36. The van der Waals surface area contributed by atoms with E-state index in [1.165, 1.54) is 147 Å². The summed E-state index contributed by atoms with van der Waals surface area (Å²) in [6.07, 6.45) is 36.0. The van der Waals surface area contributed by atoms with Gasteiger partial charge in [-0.2, -0.15) is 0 Å². The fraction of sp³-hybridized carbons (Fsp3) is 0.800. The van der Waals surface area contributed by atoms with Gasteiger partial charge in [0.1, 0.15) is 0 Å². The first-order valence-electron chi connectivity index (χ1n) is 21.7. The van der Waals surface area contributed by atoms with Crippen molar-refractivity contribution in [2.75, 3.05) is 19.8 Å². The Kier molecular flexibility index (Phi) is 31.7. The number of benzene rings is 1. The van der Waals surface area contributed by atoms with Crippen molar-refractivity contribution in [3.05, 3.63) is 34.9 Å². The maximum atomic E-state index is 13.2. The summed E-state index contributed by atoms with van der Waals surface area (Å²) < 4.78 is 16.7. The molecule has 0 aliphatic rings. The highest BCUT2D eigenvalue weighted by Gasteiger charge is 2.22. The second-order valence-corrected chi connectivity index (χ2v) is 14.7. The maximum absolute atomic E-state index is 13.2. The minimum absolute atomic E-state index is 0.0727. The highest BCUT2D eigenvalue weighted by Crippen LogP contribution is 2.19. The van der Waals surface area contributed by atoms with Gasteiger partial charge in [0.15, 0.2) is 0 Å². The van der Waals surface area contributed by atoms with Gasteiger partial charge in [-0.25, -0.2) is 14.4 Å². The molecule has 0 N–H and O–H groups in total. The minimum Gasteiger partial charge on any atom is -0.462 e. The van der Waals surface area contributed by atoms with Crippen molar-refractivity contribution in [3.63, 3.8) is 0 Å². The monoisotopic (exact) mass is 715 g/mol. The molecular formula is C45H78O6. The highest BCUT2D eigenvalue weighted by molar-refractivity contribution is 6.05. The molecule has 0 radical (unpaired) electrons. The quantitative estimate of drug-likeness (QED) is 0.0391. The van der Waals surface area contributed by atoms with E-state index in [1.54, 1.807) is 6.07 Å². The van der Waals surface area contributed by atoms with Gasteiger partial charge in [-0.1, -0.05) is 194 Å². The predicted octanol–water partition coefficient (Wildman–Crippen LogP) is 13.9. The number of unbranched alkanes of at least 4 members (excludes halogenated alkanes) is 27. The van der Waals surface area contributed by atoms with Gasteiger partial charge in [-0.15, -0.1) is 0 Å². The average molecular weight is 715 g/mol. The molecule has 0 aliphatic carbocycles. The first-order chi connectivity index (χ1) is 25.0. The van der Waals surface area contributed by atoms with Crippen molar-refractivity contribution in [3.8, 4) is 0 Å². The summed E-state index contributed by atoms with van der Waals surface area (Å²) in [4.78, 5) is 39.3. The summed E-state index contributed by atoms with van der Waals surface area (Å²) in [5, 5.41) is 0. The summed E-state index contributed by atoms with van der Waals surface area (Å²) in [5.74, 6) is -1.64. The first-order valence-corrected chi connectivity index (χ1v) is 21.7. The smallest absolute Gasteiger partial charge is 0.339 e. The van der Waals surface area contributed by atoms with Crippen LogP contribution in [-0.2, 0) is 14.2 Å². The van der Waals surface area contributed by atoms with Crippen molar-refractivity contribution in [1.82, 2.24) is 0 Å². The molecule has 0 saturated carbocycles. The molecule has 0 atom stereocenters. The molecule has 0 fully saturated rings. The lowest BCUT2D eigenvalue weighted by Crippen LogP contribution is -2.17. The van der Waals surface area contributed by atoms with Crippen LogP contribution in [0.4, 0.5) is 0 Å². The van der Waals surface area contributed by atoms with E-state index in [1.807, 2.05) is 0 Å². The van der Waals surface area contributed by atoms with E-state index in [9.17, 15) is 14.4 Å². The van der Waals surface area contributed by atoms with Crippen LogP contribution in [0.15, 0.2) is 18.2 Å². The van der Waals surface area contributed by atoms with Gasteiger partial charge in [-0.3, -0.25) is 0 Å². The van der Waals surface area contributed by atoms with Gasteiger partial charge in [-0.05, 0) is 37.5 Å². The molecule has 1 aromatic carbocycles.